The molecule has 1 heterocycles. The summed E-state index contributed by atoms with van der Waals surface area (Å²) in [6.07, 6.45) is 3.62. The Morgan fingerprint density at radius 2 is 1.89 bits per heavy atom. The zero-order chi connectivity index (χ0) is 13.1. The predicted octanol–water partition coefficient (Wildman–Crippen LogP) is 1.81. The fourth-order valence-electron chi connectivity index (χ4n) is 1.98. The summed E-state index contributed by atoms with van der Waals surface area (Å²) >= 11 is 0. The van der Waals surface area contributed by atoms with E-state index in [2.05, 4.69) is 48.1 Å². The topological polar surface area (TPSA) is 45.4 Å². The van der Waals surface area contributed by atoms with Gasteiger partial charge in [0.05, 0.1) is 11.4 Å². The first-order chi connectivity index (χ1) is 8.59. The van der Waals surface area contributed by atoms with Crippen molar-refractivity contribution in [3.8, 4) is 0 Å². The molecule has 0 aliphatic rings. The lowest BCUT2D eigenvalue weighted by molar-refractivity contribution is 0.416. The van der Waals surface area contributed by atoms with Crippen LogP contribution in [0.2, 0.25) is 0 Å². The van der Waals surface area contributed by atoms with Crippen LogP contribution < -0.4 is 10.6 Å². The number of nitrogen functional groups attached to an aromatic ring is 1. The van der Waals surface area contributed by atoms with Crippen LogP contribution >= 0.6 is 0 Å². The molecule has 2 aromatic rings. The number of pyridine rings is 1. The molecule has 0 aliphatic carbocycles. The van der Waals surface area contributed by atoms with Gasteiger partial charge in [0.1, 0.15) is 0 Å². The van der Waals surface area contributed by atoms with Gasteiger partial charge in [0.2, 0.25) is 0 Å². The van der Waals surface area contributed by atoms with Crippen molar-refractivity contribution in [2.75, 3.05) is 44.9 Å². The maximum atomic E-state index is 6.24. The summed E-state index contributed by atoms with van der Waals surface area (Å²) in [5.74, 6) is 0. The average molecular weight is 244 g/mol. The Bertz CT molecular complexity index is 536. The number of likely N-dealkylation sites (N-methyl/N-ethyl adjacent to an activating group) is 2. The molecule has 0 atom stereocenters. The van der Waals surface area contributed by atoms with Crippen LogP contribution in [0.4, 0.5) is 11.4 Å². The molecule has 2 rings (SSSR count). The number of benzene rings is 1. The maximum absolute atomic E-state index is 6.24. The quantitative estimate of drug-likeness (QED) is 0.833. The predicted molar refractivity (Wildman–Crippen MR) is 78.0 cm³/mol. The first-order valence-corrected chi connectivity index (χ1v) is 6.07. The van der Waals surface area contributed by atoms with Crippen molar-refractivity contribution in [3.05, 3.63) is 30.6 Å². The highest BCUT2D eigenvalue weighted by molar-refractivity contribution is 5.98. The number of fused-ring (bicyclic) bond motifs is 1. The van der Waals surface area contributed by atoms with E-state index < -0.39 is 0 Å². The fourth-order valence-corrected chi connectivity index (χ4v) is 1.98. The third-order valence-electron chi connectivity index (χ3n) is 3.13. The smallest absolute Gasteiger partial charge is 0.0632 e. The molecule has 0 saturated carbocycles. The lowest BCUT2D eigenvalue weighted by Crippen LogP contribution is -2.28. The molecule has 0 radical (unpaired) electrons. The standard InChI is InChI=1S/C14H20N4/c1-17(2)8-9-18(3)13-5-4-11-10-16-7-6-12(11)14(13)15/h4-7,10H,8-9,15H2,1-3H3. The number of nitrogens with two attached hydrogens (primary N) is 1. The average Bonchev–Trinajstić information content (AvgIpc) is 2.37. The number of hydrogen-bond acceptors (Lipinski definition) is 4. The van der Waals surface area contributed by atoms with E-state index in [9.17, 15) is 0 Å². The summed E-state index contributed by atoms with van der Waals surface area (Å²) in [5.41, 5.74) is 8.15. The van der Waals surface area contributed by atoms with Crippen LogP contribution in [0.1, 0.15) is 0 Å². The first kappa shape index (κ1) is 12.6. The highest BCUT2D eigenvalue weighted by Gasteiger charge is 2.08. The van der Waals surface area contributed by atoms with Gasteiger partial charge < -0.3 is 15.5 Å². The summed E-state index contributed by atoms with van der Waals surface area (Å²) < 4.78 is 0. The van der Waals surface area contributed by atoms with E-state index in [0.717, 1.165) is 35.2 Å². The summed E-state index contributed by atoms with van der Waals surface area (Å²) in [5, 5.41) is 2.15. The number of nitrogens with zero attached hydrogens (tertiary/aromatic N) is 3. The highest BCUT2D eigenvalue weighted by atomic mass is 15.2. The Morgan fingerprint density at radius 3 is 2.61 bits per heavy atom. The van der Waals surface area contributed by atoms with E-state index in [-0.39, 0.29) is 0 Å². The second kappa shape index (κ2) is 5.23. The minimum Gasteiger partial charge on any atom is -0.397 e. The van der Waals surface area contributed by atoms with Gasteiger partial charge in [0.15, 0.2) is 0 Å². The zero-order valence-corrected chi connectivity index (χ0v) is 11.2. The van der Waals surface area contributed by atoms with E-state index >= 15 is 0 Å². The molecule has 96 valence electrons. The molecule has 1 aromatic heterocycles. The van der Waals surface area contributed by atoms with E-state index in [4.69, 9.17) is 5.73 Å². The lowest BCUT2D eigenvalue weighted by Gasteiger charge is -2.23. The molecule has 4 heteroatoms. The third kappa shape index (κ3) is 2.54. The van der Waals surface area contributed by atoms with Crippen molar-refractivity contribution in [1.82, 2.24) is 9.88 Å². The van der Waals surface area contributed by atoms with Crippen molar-refractivity contribution in [3.63, 3.8) is 0 Å². The maximum Gasteiger partial charge on any atom is 0.0632 e. The number of hydrogen-bond donors (Lipinski definition) is 1. The van der Waals surface area contributed by atoms with E-state index in [0.29, 0.717) is 0 Å². The van der Waals surface area contributed by atoms with Crippen LogP contribution in [0.15, 0.2) is 30.6 Å². The van der Waals surface area contributed by atoms with E-state index in [1.807, 2.05) is 12.3 Å². The SMILES string of the molecule is CN(C)CCN(C)c1ccc2cnccc2c1N. The molecular formula is C14H20N4. The van der Waals surface area contributed by atoms with Gasteiger partial charge in [-0.05, 0) is 26.2 Å². The molecule has 18 heavy (non-hydrogen) atoms. The van der Waals surface area contributed by atoms with Crippen LogP contribution in [0, 0.1) is 0 Å². The second-order valence-corrected chi connectivity index (χ2v) is 4.82. The van der Waals surface area contributed by atoms with Crippen molar-refractivity contribution < 1.29 is 0 Å². The molecule has 0 aliphatic heterocycles. The third-order valence-corrected chi connectivity index (χ3v) is 3.13. The lowest BCUT2D eigenvalue weighted by atomic mass is 10.1. The second-order valence-electron chi connectivity index (χ2n) is 4.82. The van der Waals surface area contributed by atoms with Crippen molar-refractivity contribution in [2.24, 2.45) is 0 Å². The van der Waals surface area contributed by atoms with Crippen LogP contribution in [-0.2, 0) is 0 Å². The van der Waals surface area contributed by atoms with Gasteiger partial charge in [0, 0.05) is 43.3 Å². The zero-order valence-electron chi connectivity index (χ0n) is 11.2. The first-order valence-electron chi connectivity index (χ1n) is 6.07. The summed E-state index contributed by atoms with van der Waals surface area (Å²) in [7, 11) is 6.22. The molecule has 0 bridgehead atoms. The Labute approximate surface area is 108 Å². The Morgan fingerprint density at radius 1 is 1.11 bits per heavy atom. The molecule has 0 amide bonds. The molecule has 0 saturated heterocycles. The Hall–Kier alpha value is -1.81. The molecule has 1 aromatic carbocycles. The van der Waals surface area contributed by atoms with E-state index in [1.165, 1.54) is 0 Å². The van der Waals surface area contributed by atoms with Gasteiger partial charge in [-0.3, -0.25) is 4.98 Å². The molecule has 0 spiro atoms. The molecule has 0 fully saturated rings. The van der Waals surface area contributed by atoms with Crippen LogP contribution in [0.5, 0.6) is 0 Å². The van der Waals surface area contributed by atoms with Gasteiger partial charge in [-0.25, -0.2) is 0 Å². The molecule has 4 nitrogen and oxygen atoms in total. The van der Waals surface area contributed by atoms with Gasteiger partial charge in [-0.2, -0.15) is 0 Å². The minimum absolute atomic E-state index is 0.830. The normalized spacial score (nSPS) is 11.1. The Balaban J connectivity index is 2.31. The van der Waals surface area contributed by atoms with Gasteiger partial charge in [-0.1, -0.05) is 6.07 Å². The van der Waals surface area contributed by atoms with Crippen LogP contribution in [0.25, 0.3) is 10.8 Å². The van der Waals surface area contributed by atoms with Crippen molar-refractivity contribution >= 4 is 22.1 Å². The van der Waals surface area contributed by atoms with Crippen molar-refractivity contribution in [2.45, 2.75) is 0 Å². The highest BCUT2D eigenvalue weighted by Crippen LogP contribution is 2.30. The van der Waals surface area contributed by atoms with Crippen LogP contribution in [0.3, 0.4) is 0 Å². The number of anilines is 2. The summed E-state index contributed by atoms with van der Waals surface area (Å²) in [4.78, 5) is 8.47. The van der Waals surface area contributed by atoms with Crippen LogP contribution in [-0.4, -0.2) is 44.1 Å². The Kier molecular flexibility index (Phi) is 3.67. The molecule has 2 N–H and O–H groups in total. The number of aromatic nitrogens is 1. The van der Waals surface area contributed by atoms with Crippen molar-refractivity contribution in [1.29, 1.82) is 0 Å². The number of rotatable bonds is 4. The molecule has 0 unspecified atom stereocenters. The monoisotopic (exact) mass is 244 g/mol. The summed E-state index contributed by atoms with van der Waals surface area (Å²) in [6.45, 7) is 1.96. The minimum atomic E-state index is 0.830. The van der Waals surface area contributed by atoms with Gasteiger partial charge in [-0.15, -0.1) is 0 Å². The fraction of sp³-hybridized carbons (Fsp3) is 0.357. The largest absolute Gasteiger partial charge is 0.397 e. The van der Waals surface area contributed by atoms with E-state index in [1.54, 1.807) is 6.20 Å². The summed E-state index contributed by atoms with van der Waals surface area (Å²) in [6, 6.07) is 6.10. The molecular weight excluding hydrogens is 224 g/mol. The van der Waals surface area contributed by atoms with Gasteiger partial charge in [0.25, 0.3) is 0 Å². The van der Waals surface area contributed by atoms with Gasteiger partial charge >= 0.3 is 0 Å².